The minimum absolute atomic E-state index is 0.476. The average Bonchev–Trinajstić information content (AvgIpc) is 2.34. The molecule has 0 saturated carbocycles. The van der Waals surface area contributed by atoms with Crippen LogP contribution in [0.25, 0.3) is 6.08 Å². The summed E-state index contributed by atoms with van der Waals surface area (Å²) in [6.07, 6.45) is 4.88. The highest BCUT2D eigenvalue weighted by Crippen LogP contribution is 2.03. The minimum Gasteiger partial charge on any atom is -0.296 e. The van der Waals surface area contributed by atoms with E-state index in [0.29, 0.717) is 12.5 Å². The quantitative estimate of drug-likeness (QED) is 0.746. The van der Waals surface area contributed by atoms with Crippen molar-refractivity contribution in [3.8, 4) is 6.07 Å². The van der Waals surface area contributed by atoms with E-state index in [2.05, 4.69) is 49.1 Å². The van der Waals surface area contributed by atoms with Gasteiger partial charge in [-0.1, -0.05) is 42.5 Å². The lowest BCUT2D eigenvalue weighted by Crippen LogP contribution is -2.31. The molecule has 1 rings (SSSR count). The van der Waals surface area contributed by atoms with Gasteiger partial charge in [-0.25, -0.2) is 0 Å². The fourth-order valence-corrected chi connectivity index (χ4v) is 1.64. The molecule has 0 unspecified atom stereocenters. The molecule has 1 aromatic rings. The molecular weight excluding hydrogens is 208 g/mol. The van der Waals surface area contributed by atoms with Crippen LogP contribution >= 0.6 is 0 Å². The Hall–Kier alpha value is -1.59. The van der Waals surface area contributed by atoms with E-state index >= 15 is 0 Å². The number of nitrogens with zero attached hydrogens (tertiary/aromatic N) is 2. The summed E-state index contributed by atoms with van der Waals surface area (Å²) < 4.78 is 0. The lowest BCUT2D eigenvalue weighted by atomic mass is 10.2. The van der Waals surface area contributed by atoms with E-state index in [1.807, 2.05) is 18.2 Å². The number of hydrogen-bond acceptors (Lipinski definition) is 2. The summed E-state index contributed by atoms with van der Waals surface area (Å²) >= 11 is 0. The Morgan fingerprint density at radius 2 is 2.00 bits per heavy atom. The Kier molecular flexibility index (Phi) is 6.06. The predicted molar refractivity (Wildman–Crippen MR) is 72.4 cm³/mol. The first kappa shape index (κ1) is 13.5. The Morgan fingerprint density at radius 1 is 1.29 bits per heavy atom. The highest BCUT2D eigenvalue weighted by molar-refractivity contribution is 5.48. The first-order chi connectivity index (χ1) is 8.24. The van der Waals surface area contributed by atoms with Crippen molar-refractivity contribution in [3.05, 3.63) is 42.0 Å². The van der Waals surface area contributed by atoms with E-state index in [9.17, 15) is 0 Å². The van der Waals surface area contributed by atoms with Crippen LogP contribution in [0.5, 0.6) is 0 Å². The Bertz CT molecular complexity index is 374. The van der Waals surface area contributed by atoms with Crippen LogP contribution in [0.2, 0.25) is 0 Å². The van der Waals surface area contributed by atoms with Crippen LogP contribution in [0.4, 0.5) is 0 Å². The van der Waals surface area contributed by atoms with Gasteiger partial charge in [0.2, 0.25) is 0 Å². The number of benzene rings is 1. The summed E-state index contributed by atoms with van der Waals surface area (Å²) in [5.41, 5.74) is 1.22. The van der Waals surface area contributed by atoms with Crippen molar-refractivity contribution in [1.82, 2.24) is 4.90 Å². The molecule has 0 spiro atoms. The molecule has 0 aliphatic heterocycles. The van der Waals surface area contributed by atoms with Gasteiger partial charge in [-0.05, 0) is 19.4 Å². The van der Waals surface area contributed by atoms with E-state index in [0.717, 1.165) is 13.1 Å². The predicted octanol–water partition coefficient (Wildman–Crippen LogP) is 3.32. The Morgan fingerprint density at radius 3 is 2.59 bits per heavy atom. The van der Waals surface area contributed by atoms with Crippen molar-refractivity contribution in [1.29, 1.82) is 5.26 Å². The fourth-order valence-electron chi connectivity index (χ4n) is 1.64. The van der Waals surface area contributed by atoms with Crippen molar-refractivity contribution in [3.63, 3.8) is 0 Å². The summed E-state index contributed by atoms with van der Waals surface area (Å²) in [7, 11) is 0. The first-order valence-corrected chi connectivity index (χ1v) is 6.06. The van der Waals surface area contributed by atoms with E-state index in [4.69, 9.17) is 5.26 Å². The third-order valence-electron chi connectivity index (χ3n) is 2.69. The third kappa shape index (κ3) is 5.33. The maximum absolute atomic E-state index is 8.61. The number of hydrogen-bond donors (Lipinski definition) is 0. The van der Waals surface area contributed by atoms with Gasteiger partial charge in [-0.15, -0.1) is 0 Å². The molecule has 0 bridgehead atoms. The summed E-state index contributed by atoms with van der Waals surface area (Å²) in [4.78, 5) is 2.29. The van der Waals surface area contributed by atoms with Gasteiger partial charge in [-0.3, -0.25) is 4.90 Å². The van der Waals surface area contributed by atoms with Crippen LogP contribution < -0.4 is 0 Å². The summed E-state index contributed by atoms with van der Waals surface area (Å²) in [5.74, 6) is 0. The highest BCUT2D eigenvalue weighted by atomic mass is 15.1. The maximum Gasteiger partial charge on any atom is 0.0635 e. The molecular formula is C15H20N2. The largest absolute Gasteiger partial charge is 0.296 e. The van der Waals surface area contributed by atoms with Crippen LogP contribution in [0, 0.1) is 11.3 Å². The second-order valence-electron chi connectivity index (χ2n) is 4.31. The van der Waals surface area contributed by atoms with Crippen molar-refractivity contribution in [2.45, 2.75) is 26.3 Å². The van der Waals surface area contributed by atoms with Gasteiger partial charge in [0.25, 0.3) is 0 Å². The van der Waals surface area contributed by atoms with Crippen molar-refractivity contribution in [2.75, 3.05) is 13.1 Å². The number of rotatable bonds is 6. The van der Waals surface area contributed by atoms with Gasteiger partial charge in [0, 0.05) is 25.6 Å². The molecule has 2 heteroatoms. The molecule has 0 heterocycles. The molecule has 0 fully saturated rings. The third-order valence-corrected chi connectivity index (χ3v) is 2.69. The minimum atomic E-state index is 0.476. The number of nitriles is 1. The van der Waals surface area contributed by atoms with Crippen molar-refractivity contribution in [2.24, 2.45) is 0 Å². The van der Waals surface area contributed by atoms with E-state index in [1.165, 1.54) is 5.56 Å². The van der Waals surface area contributed by atoms with E-state index < -0.39 is 0 Å². The molecule has 0 N–H and O–H groups in total. The monoisotopic (exact) mass is 228 g/mol. The summed E-state index contributed by atoms with van der Waals surface area (Å²) in [5, 5.41) is 8.61. The topological polar surface area (TPSA) is 27.0 Å². The first-order valence-electron chi connectivity index (χ1n) is 6.06. The normalized spacial score (nSPS) is 11.2. The average molecular weight is 228 g/mol. The van der Waals surface area contributed by atoms with Gasteiger partial charge >= 0.3 is 0 Å². The molecule has 17 heavy (non-hydrogen) atoms. The molecule has 0 amide bonds. The lowest BCUT2D eigenvalue weighted by molar-refractivity contribution is 0.252. The van der Waals surface area contributed by atoms with Gasteiger partial charge in [-0.2, -0.15) is 5.26 Å². The Labute approximate surface area is 104 Å². The van der Waals surface area contributed by atoms with Crippen LogP contribution in [-0.4, -0.2) is 24.0 Å². The maximum atomic E-state index is 8.61. The molecule has 90 valence electrons. The Balaban J connectivity index is 2.46. The van der Waals surface area contributed by atoms with Crippen LogP contribution in [-0.2, 0) is 0 Å². The van der Waals surface area contributed by atoms with Gasteiger partial charge in [0.05, 0.1) is 6.07 Å². The van der Waals surface area contributed by atoms with E-state index in [-0.39, 0.29) is 0 Å². The van der Waals surface area contributed by atoms with Gasteiger partial charge in [0.1, 0.15) is 0 Å². The van der Waals surface area contributed by atoms with E-state index in [1.54, 1.807) is 0 Å². The standard InChI is InChI=1S/C15H20N2/c1-14(2)17(13-7-11-16)12-6-10-15-8-4-3-5-9-15/h3-6,8-10,14H,7,12-13H2,1-2H3. The molecule has 0 aromatic heterocycles. The molecule has 1 aromatic carbocycles. The second-order valence-corrected chi connectivity index (χ2v) is 4.31. The zero-order valence-corrected chi connectivity index (χ0v) is 10.6. The molecule has 0 radical (unpaired) electrons. The van der Waals surface area contributed by atoms with Crippen LogP contribution in [0.1, 0.15) is 25.8 Å². The van der Waals surface area contributed by atoms with Gasteiger partial charge in [0.15, 0.2) is 0 Å². The SMILES string of the molecule is CC(C)N(CC=Cc1ccccc1)CCC#N. The molecule has 0 saturated heterocycles. The van der Waals surface area contributed by atoms with Crippen LogP contribution in [0.3, 0.4) is 0 Å². The fraction of sp³-hybridized carbons (Fsp3) is 0.400. The smallest absolute Gasteiger partial charge is 0.0635 e. The van der Waals surface area contributed by atoms with Crippen LogP contribution in [0.15, 0.2) is 36.4 Å². The van der Waals surface area contributed by atoms with Crippen molar-refractivity contribution >= 4 is 6.08 Å². The summed E-state index contributed by atoms with van der Waals surface area (Å²) in [6.45, 7) is 6.06. The molecule has 0 aliphatic rings. The molecule has 0 atom stereocenters. The zero-order chi connectivity index (χ0) is 12.5. The molecule has 0 aliphatic carbocycles. The summed E-state index contributed by atoms with van der Waals surface area (Å²) in [6, 6.07) is 12.9. The lowest BCUT2D eigenvalue weighted by Gasteiger charge is -2.23. The second kappa shape index (κ2) is 7.65. The highest BCUT2D eigenvalue weighted by Gasteiger charge is 2.06. The molecule has 2 nitrogen and oxygen atoms in total. The zero-order valence-electron chi connectivity index (χ0n) is 10.6. The van der Waals surface area contributed by atoms with Gasteiger partial charge < -0.3 is 0 Å². The van der Waals surface area contributed by atoms with Crippen molar-refractivity contribution < 1.29 is 0 Å².